The maximum atomic E-state index is 13.7. The number of phenols is 1. The van der Waals surface area contributed by atoms with Gasteiger partial charge in [0, 0.05) is 35.0 Å². The lowest BCUT2D eigenvalue weighted by atomic mass is 9.58. The molecule has 1 amide bonds. The Labute approximate surface area is 217 Å². The molecule has 10 heteroatoms. The molecule has 3 aliphatic carbocycles. The number of amides is 1. The highest BCUT2D eigenvalue weighted by Gasteiger charge is 2.63. The van der Waals surface area contributed by atoms with Gasteiger partial charge in [0.1, 0.15) is 22.8 Å². The molecule has 38 heavy (non-hydrogen) atoms. The number of primary amides is 1. The first kappa shape index (κ1) is 25.2. The van der Waals surface area contributed by atoms with Gasteiger partial charge in [-0.2, -0.15) is 0 Å². The Hall–Kier alpha value is -4.46. The van der Waals surface area contributed by atoms with Gasteiger partial charge in [-0.05, 0) is 62.7 Å². The third kappa shape index (κ3) is 3.51. The maximum absolute atomic E-state index is 13.7. The number of allylic oxidation sites excluding steroid dienone is 1. The van der Waals surface area contributed by atoms with Crippen LogP contribution in [-0.2, 0) is 16.0 Å². The van der Waals surface area contributed by atoms with Gasteiger partial charge in [0.05, 0.1) is 11.6 Å². The molecule has 5 rings (SSSR count). The number of Topliss-reactive ketones (excluding diaryl/α,β-unsaturated/α-hetero) is 2. The van der Waals surface area contributed by atoms with Crippen LogP contribution in [0.2, 0.25) is 0 Å². The molecule has 0 aliphatic heterocycles. The lowest BCUT2D eigenvalue weighted by Crippen LogP contribution is -2.63. The largest absolute Gasteiger partial charge is 0.510 e. The number of likely N-dealkylation sites (N-methyl/N-ethyl adjacent to an activating group) is 1. The van der Waals surface area contributed by atoms with E-state index in [-0.39, 0.29) is 29.7 Å². The Kier molecular flexibility index (Phi) is 5.86. The molecule has 0 bridgehead atoms. The van der Waals surface area contributed by atoms with Crippen LogP contribution in [0.3, 0.4) is 0 Å². The zero-order valence-corrected chi connectivity index (χ0v) is 20.6. The fourth-order valence-corrected chi connectivity index (χ4v) is 5.94. The number of phenolic OH excluding ortho intramolecular Hbond substituents is 1. The number of nitrogens with zero attached hydrogens (tertiary/aromatic N) is 2. The molecule has 0 spiro atoms. The van der Waals surface area contributed by atoms with E-state index in [1.165, 1.54) is 11.0 Å². The third-order valence-corrected chi connectivity index (χ3v) is 7.61. The predicted molar refractivity (Wildman–Crippen MR) is 134 cm³/mol. The molecule has 3 aliphatic rings. The van der Waals surface area contributed by atoms with Crippen molar-refractivity contribution < 1.29 is 34.8 Å². The minimum atomic E-state index is -2.67. The highest BCUT2D eigenvalue weighted by atomic mass is 16.3. The normalized spacial score (nSPS) is 26.4. The van der Waals surface area contributed by atoms with Crippen LogP contribution in [0.15, 0.2) is 59.3 Å². The molecule has 0 saturated carbocycles. The lowest BCUT2D eigenvalue weighted by Gasteiger charge is -2.50. The number of aliphatic hydroxyl groups is 3. The molecule has 0 radical (unpaired) electrons. The van der Waals surface area contributed by atoms with Crippen LogP contribution in [0.1, 0.15) is 33.5 Å². The minimum absolute atomic E-state index is 0.0108. The Morgan fingerprint density at radius 2 is 1.89 bits per heavy atom. The summed E-state index contributed by atoms with van der Waals surface area (Å²) in [5.41, 5.74) is 3.17. The number of rotatable bonds is 2. The lowest BCUT2D eigenvalue weighted by molar-refractivity contribution is -0.148. The first-order chi connectivity index (χ1) is 18.0. The second kappa shape index (κ2) is 8.83. The van der Waals surface area contributed by atoms with Crippen molar-refractivity contribution >= 4 is 17.5 Å². The van der Waals surface area contributed by atoms with Crippen LogP contribution in [0.25, 0.3) is 0 Å². The van der Waals surface area contributed by atoms with E-state index in [9.17, 15) is 34.8 Å². The van der Waals surface area contributed by atoms with Crippen LogP contribution in [-0.4, -0.2) is 73.5 Å². The Morgan fingerprint density at radius 3 is 2.53 bits per heavy atom. The summed E-state index contributed by atoms with van der Waals surface area (Å²) in [6.07, 6.45) is 3.39. The number of hydrogen-bond donors (Lipinski definition) is 5. The van der Waals surface area contributed by atoms with Gasteiger partial charge in [0.2, 0.25) is 5.78 Å². The third-order valence-electron chi connectivity index (χ3n) is 7.61. The molecule has 1 aromatic carbocycles. The molecule has 10 nitrogen and oxygen atoms in total. The monoisotopic (exact) mass is 515 g/mol. The van der Waals surface area contributed by atoms with Crippen LogP contribution in [0.5, 0.6) is 5.75 Å². The first-order valence-corrected chi connectivity index (χ1v) is 11.9. The van der Waals surface area contributed by atoms with E-state index in [4.69, 9.17) is 5.73 Å². The Balaban J connectivity index is 1.68. The molecule has 0 fully saturated rings. The van der Waals surface area contributed by atoms with Crippen molar-refractivity contribution in [2.45, 2.75) is 24.5 Å². The maximum Gasteiger partial charge on any atom is 0.255 e. The highest BCUT2D eigenvalue weighted by Crippen LogP contribution is 2.52. The molecule has 0 saturated heterocycles. The van der Waals surface area contributed by atoms with Crippen molar-refractivity contribution in [2.24, 2.45) is 17.6 Å². The van der Waals surface area contributed by atoms with E-state index in [1.54, 1.807) is 44.7 Å². The fraction of sp³-hybridized carbons (Fsp3) is 0.286. The smallest absolute Gasteiger partial charge is 0.255 e. The summed E-state index contributed by atoms with van der Waals surface area (Å²) in [5.74, 6) is -0.870. The highest BCUT2D eigenvalue weighted by molar-refractivity contribution is 6.24. The van der Waals surface area contributed by atoms with Gasteiger partial charge in [0.25, 0.3) is 5.91 Å². The fourth-order valence-electron chi connectivity index (χ4n) is 5.94. The summed E-state index contributed by atoms with van der Waals surface area (Å²) in [5, 5.41) is 44.4. The van der Waals surface area contributed by atoms with Gasteiger partial charge in [0.15, 0.2) is 11.4 Å². The Bertz CT molecular complexity index is 1530. The average molecular weight is 516 g/mol. The molecule has 1 aromatic heterocycles. The van der Waals surface area contributed by atoms with Crippen molar-refractivity contribution in [3.05, 3.63) is 81.6 Å². The van der Waals surface area contributed by atoms with Crippen molar-refractivity contribution in [1.29, 1.82) is 0 Å². The molecule has 6 N–H and O–H groups in total. The number of aromatic hydroxyl groups is 1. The number of nitrogens with two attached hydrogens (primary N) is 1. The zero-order valence-electron chi connectivity index (χ0n) is 20.6. The van der Waals surface area contributed by atoms with Gasteiger partial charge >= 0.3 is 0 Å². The van der Waals surface area contributed by atoms with E-state index >= 15 is 0 Å². The van der Waals surface area contributed by atoms with Crippen molar-refractivity contribution in [2.75, 3.05) is 14.1 Å². The van der Waals surface area contributed by atoms with Crippen LogP contribution in [0.4, 0.5) is 0 Å². The van der Waals surface area contributed by atoms with E-state index in [1.807, 2.05) is 0 Å². The SMILES string of the molecule is CN(C)[C@H]1C(O)=C(C(N)=O)C(=O)[C@@]2(O)C(O)=C3C(=O)c4c(O)ccc(C#Cc5cccnc5)c4C[C@H]3C[C@@H]12. The van der Waals surface area contributed by atoms with Gasteiger partial charge in [-0.15, -0.1) is 0 Å². The number of carbonyl (C=O) groups excluding carboxylic acids is 3. The van der Waals surface area contributed by atoms with Gasteiger partial charge in [-0.3, -0.25) is 24.3 Å². The van der Waals surface area contributed by atoms with E-state index in [0.717, 1.165) is 0 Å². The molecule has 4 atom stereocenters. The number of hydrogen-bond acceptors (Lipinski definition) is 9. The number of fused-ring (bicyclic) bond motifs is 3. The van der Waals surface area contributed by atoms with Crippen LogP contribution >= 0.6 is 0 Å². The standard InChI is InChI=1S/C28H25N3O7/c1-31(2)22-17-11-15-10-16-14(6-5-13-4-3-9-30-12-13)7-8-18(32)20(16)23(33)19(15)25(35)28(17,38)26(36)21(24(22)34)27(29)37/h3-4,7-9,12,15,17,22,32,34-35,38H,10-11H2,1-2H3,(H2,29,37)/t15-,17-,22+,28-/m0/s1. The number of ketones is 2. The number of benzene rings is 1. The summed E-state index contributed by atoms with van der Waals surface area (Å²) in [6.45, 7) is 0. The second-order valence-electron chi connectivity index (χ2n) is 9.94. The molecular formula is C28H25N3O7. The average Bonchev–Trinajstić information content (AvgIpc) is 2.86. The number of aromatic nitrogens is 1. The first-order valence-electron chi connectivity index (χ1n) is 11.9. The van der Waals surface area contributed by atoms with Gasteiger partial charge < -0.3 is 26.2 Å². The second-order valence-corrected chi connectivity index (χ2v) is 9.94. The number of pyridine rings is 1. The molecular weight excluding hydrogens is 490 g/mol. The van der Waals surface area contributed by atoms with E-state index in [2.05, 4.69) is 16.8 Å². The summed E-state index contributed by atoms with van der Waals surface area (Å²) in [7, 11) is 3.16. The number of carbonyl (C=O) groups is 3. The van der Waals surface area contributed by atoms with Crippen molar-refractivity contribution in [1.82, 2.24) is 9.88 Å². The predicted octanol–water partition coefficient (Wildman–Crippen LogP) is 0.915. The van der Waals surface area contributed by atoms with Crippen LogP contribution < -0.4 is 5.73 Å². The molecule has 0 unspecified atom stereocenters. The topological polar surface area (TPSA) is 174 Å². The molecule has 2 aromatic rings. The number of aliphatic hydroxyl groups excluding tert-OH is 2. The van der Waals surface area contributed by atoms with E-state index < -0.39 is 58.0 Å². The van der Waals surface area contributed by atoms with Crippen molar-refractivity contribution in [3.8, 4) is 17.6 Å². The van der Waals surface area contributed by atoms with Gasteiger partial charge in [-0.25, -0.2) is 0 Å². The van der Waals surface area contributed by atoms with Gasteiger partial charge in [-0.1, -0.05) is 11.8 Å². The van der Waals surface area contributed by atoms with Crippen molar-refractivity contribution in [3.63, 3.8) is 0 Å². The summed E-state index contributed by atoms with van der Waals surface area (Å²) in [4.78, 5) is 44.6. The summed E-state index contributed by atoms with van der Waals surface area (Å²) < 4.78 is 0. The Morgan fingerprint density at radius 1 is 1.16 bits per heavy atom. The summed E-state index contributed by atoms with van der Waals surface area (Å²) in [6, 6.07) is 5.39. The molecule has 1 heterocycles. The minimum Gasteiger partial charge on any atom is -0.510 e. The van der Waals surface area contributed by atoms with E-state index in [0.29, 0.717) is 16.7 Å². The quantitative estimate of drug-likeness (QED) is 0.288. The van der Waals surface area contributed by atoms with Crippen LogP contribution in [0, 0.1) is 23.7 Å². The zero-order chi connectivity index (χ0) is 27.5. The summed E-state index contributed by atoms with van der Waals surface area (Å²) >= 11 is 0. The molecule has 194 valence electrons.